The second kappa shape index (κ2) is 7.94. The van der Waals surface area contributed by atoms with Gasteiger partial charge in [0.1, 0.15) is 11.3 Å². The van der Waals surface area contributed by atoms with Gasteiger partial charge in [-0.3, -0.25) is 14.9 Å². The normalized spacial score (nSPS) is 15.9. The highest BCUT2D eigenvalue weighted by Gasteiger charge is 2.36. The number of carbonyl (C=O) groups is 3. The summed E-state index contributed by atoms with van der Waals surface area (Å²) in [6, 6.07) is 10.5. The third kappa shape index (κ3) is 4.04. The van der Waals surface area contributed by atoms with Gasteiger partial charge in [-0.05, 0) is 70.9 Å². The van der Waals surface area contributed by atoms with Gasteiger partial charge < -0.3 is 4.74 Å². The molecule has 0 spiro atoms. The van der Waals surface area contributed by atoms with Crippen molar-refractivity contribution < 1.29 is 19.1 Å². The molecule has 0 atom stereocenters. The zero-order chi connectivity index (χ0) is 19.6. The Hall–Kier alpha value is -2.64. The van der Waals surface area contributed by atoms with E-state index in [1.54, 1.807) is 30.3 Å². The lowest BCUT2D eigenvalue weighted by Gasteiger charge is -2.26. The van der Waals surface area contributed by atoms with Crippen molar-refractivity contribution in [3.05, 3.63) is 63.1 Å². The number of barbiturate groups is 1. The fraction of sp³-hybridized carbons (Fsp3) is 0.105. The molecule has 3 rings (SSSR count). The SMILES string of the molecule is CCOc1ccc(/C=C2\C(=O)NC(=O)N(c3ccc(Cl)cc3)C2=O)cc1Br. The number of halogens is 2. The molecular weight excluding hydrogens is 436 g/mol. The van der Waals surface area contributed by atoms with Gasteiger partial charge in [-0.2, -0.15) is 0 Å². The van der Waals surface area contributed by atoms with E-state index in [9.17, 15) is 14.4 Å². The van der Waals surface area contributed by atoms with Gasteiger partial charge in [0, 0.05) is 5.02 Å². The minimum atomic E-state index is -0.808. The van der Waals surface area contributed by atoms with Gasteiger partial charge in [0.25, 0.3) is 11.8 Å². The molecule has 1 N–H and O–H groups in total. The van der Waals surface area contributed by atoms with Gasteiger partial charge in [-0.15, -0.1) is 0 Å². The lowest BCUT2D eigenvalue weighted by atomic mass is 10.1. The van der Waals surface area contributed by atoms with Crippen LogP contribution in [0.15, 0.2) is 52.5 Å². The first-order valence-electron chi connectivity index (χ1n) is 8.00. The van der Waals surface area contributed by atoms with Crippen LogP contribution >= 0.6 is 27.5 Å². The molecule has 1 saturated heterocycles. The van der Waals surface area contributed by atoms with Crippen molar-refractivity contribution in [3.8, 4) is 5.75 Å². The number of rotatable bonds is 4. The van der Waals surface area contributed by atoms with Gasteiger partial charge in [0.05, 0.1) is 16.8 Å². The number of carbonyl (C=O) groups excluding carboxylic acids is 3. The summed E-state index contributed by atoms with van der Waals surface area (Å²) in [5.74, 6) is -0.812. The number of hydrogen-bond acceptors (Lipinski definition) is 4. The summed E-state index contributed by atoms with van der Waals surface area (Å²) >= 11 is 9.24. The first kappa shape index (κ1) is 19.1. The number of urea groups is 1. The number of nitrogens with one attached hydrogen (secondary N) is 1. The fourth-order valence-electron chi connectivity index (χ4n) is 2.53. The van der Waals surface area contributed by atoms with E-state index >= 15 is 0 Å². The number of imide groups is 2. The lowest BCUT2D eigenvalue weighted by molar-refractivity contribution is -0.122. The second-order valence-corrected chi connectivity index (χ2v) is 6.85. The number of anilines is 1. The molecule has 0 bridgehead atoms. The Morgan fingerprint density at radius 2 is 1.85 bits per heavy atom. The van der Waals surface area contributed by atoms with E-state index in [0.29, 0.717) is 33.1 Å². The zero-order valence-corrected chi connectivity index (χ0v) is 16.5. The number of nitrogens with zero attached hydrogens (tertiary/aromatic N) is 1. The Labute approximate surface area is 168 Å². The van der Waals surface area contributed by atoms with Gasteiger partial charge in [0.2, 0.25) is 0 Å². The molecule has 0 unspecified atom stereocenters. The largest absolute Gasteiger partial charge is 0.493 e. The summed E-state index contributed by atoms with van der Waals surface area (Å²) in [4.78, 5) is 38.1. The molecule has 2 aromatic carbocycles. The van der Waals surface area contributed by atoms with Crippen LogP contribution in [-0.2, 0) is 9.59 Å². The topological polar surface area (TPSA) is 75.7 Å². The lowest BCUT2D eigenvalue weighted by Crippen LogP contribution is -2.54. The maximum Gasteiger partial charge on any atom is 0.335 e. The average molecular weight is 450 g/mol. The molecule has 2 aromatic rings. The predicted octanol–water partition coefficient (Wildman–Crippen LogP) is 4.17. The molecule has 1 heterocycles. The minimum absolute atomic E-state index is 0.152. The van der Waals surface area contributed by atoms with Crippen LogP contribution in [0.2, 0.25) is 5.02 Å². The average Bonchev–Trinajstić information content (AvgIpc) is 2.62. The van der Waals surface area contributed by atoms with Gasteiger partial charge in [0.15, 0.2) is 0 Å². The molecule has 1 fully saturated rings. The highest BCUT2D eigenvalue weighted by Crippen LogP contribution is 2.28. The van der Waals surface area contributed by atoms with E-state index in [2.05, 4.69) is 21.2 Å². The molecule has 0 aliphatic carbocycles. The summed E-state index contributed by atoms with van der Waals surface area (Å²) in [5.41, 5.74) is 0.767. The molecule has 138 valence electrons. The maximum atomic E-state index is 12.8. The molecule has 27 heavy (non-hydrogen) atoms. The second-order valence-electron chi connectivity index (χ2n) is 5.56. The third-order valence-electron chi connectivity index (χ3n) is 3.75. The minimum Gasteiger partial charge on any atom is -0.493 e. The van der Waals surface area contributed by atoms with Crippen LogP contribution in [0.3, 0.4) is 0 Å². The maximum absolute atomic E-state index is 12.8. The zero-order valence-electron chi connectivity index (χ0n) is 14.2. The van der Waals surface area contributed by atoms with Crippen molar-refractivity contribution in [2.75, 3.05) is 11.5 Å². The molecule has 1 aliphatic rings. The molecule has 4 amide bonds. The van der Waals surface area contributed by atoms with Crippen LogP contribution < -0.4 is 15.0 Å². The van der Waals surface area contributed by atoms with Crippen LogP contribution in [0.5, 0.6) is 5.75 Å². The van der Waals surface area contributed by atoms with Crippen molar-refractivity contribution in [1.29, 1.82) is 0 Å². The molecular formula is C19H14BrClN2O4. The summed E-state index contributed by atoms with van der Waals surface area (Å²) in [5, 5.41) is 2.65. The first-order valence-corrected chi connectivity index (χ1v) is 9.17. The smallest absolute Gasteiger partial charge is 0.335 e. The van der Waals surface area contributed by atoms with E-state index in [-0.39, 0.29) is 5.57 Å². The summed E-state index contributed by atoms with van der Waals surface area (Å²) in [6.07, 6.45) is 1.42. The van der Waals surface area contributed by atoms with E-state index in [1.807, 2.05) is 6.92 Å². The number of ether oxygens (including phenoxy) is 1. The Morgan fingerprint density at radius 3 is 2.48 bits per heavy atom. The van der Waals surface area contributed by atoms with Crippen molar-refractivity contribution in [3.63, 3.8) is 0 Å². The van der Waals surface area contributed by atoms with E-state index in [4.69, 9.17) is 16.3 Å². The van der Waals surface area contributed by atoms with Crippen molar-refractivity contribution in [2.45, 2.75) is 6.92 Å². The number of benzene rings is 2. The Morgan fingerprint density at radius 1 is 1.15 bits per heavy atom. The summed E-state index contributed by atoms with van der Waals surface area (Å²) < 4.78 is 6.13. The Kier molecular flexibility index (Phi) is 5.62. The standard InChI is InChI=1S/C19H14BrClN2O4/c1-2-27-16-8-3-11(10-15(16)20)9-14-17(24)22-19(26)23(18(14)25)13-6-4-12(21)5-7-13/h3-10H,2H2,1H3,(H,22,24,26)/b14-9+. The summed E-state index contributed by atoms with van der Waals surface area (Å²) in [6.45, 7) is 2.38. The van der Waals surface area contributed by atoms with Crippen LogP contribution in [-0.4, -0.2) is 24.5 Å². The van der Waals surface area contributed by atoms with E-state index < -0.39 is 17.8 Å². The Balaban J connectivity index is 1.96. The van der Waals surface area contributed by atoms with Crippen LogP contribution in [0.4, 0.5) is 10.5 Å². The summed E-state index contributed by atoms with van der Waals surface area (Å²) in [7, 11) is 0. The molecule has 1 aliphatic heterocycles. The van der Waals surface area contributed by atoms with Crippen molar-refractivity contribution in [2.24, 2.45) is 0 Å². The quantitative estimate of drug-likeness (QED) is 0.561. The van der Waals surface area contributed by atoms with Gasteiger partial charge >= 0.3 is 6.03 Å². The van der Waals surface area contributed by atoms with Gasteiger partial charge in [-0.1, -0.05) is 17.7 Å². The van der Waals surface area contributed by atoms with Crippen molar-refractivity contribution in [1.82, 2.24) is 5.32 Å². The third-order valence-corrected chi connectivity index (χ3v) is 4.62. The van der Waals surface area contributed by atoms with Crippen LogP contribution in [0, 0.1) is 0 Å². The molecule has 8 heteroatoms. The highest BCUT2D eigenvalue weighted by molar-refractivity contribution is 9.10. The van der Waals surface area contributed by atoms with Crippen molar-refractivity contribution >= 4 is 57.1 Å². The van der Waals surface area contributed by atoms with Crippen LogP contribution in [0.25, 0.3) is 6.08 Å². The highest BCUT2D eigenvalue weighted by atomic mass is 79.9. The monoisotopic (exact) mass is 448 g/mol. The van der Waals surface area contributed by atoms with Crippen LogP contribution in [0.1, 0.15) is 12.5 Å². The van der Waals surface area contributed by atoms with E-state index in [0.717, 1.165) is 4.90 Å². The molecule has 6 nitrogen and oxygen atoms in total. The predicted molar refractivity (Wildman–Crippen MR) is 106 cm³/mol. The first-order chi connectivity index (χ1) is 12.9. The fourth-order valence-corrected chi connectivity index (χ4v) is 3.17. The number of hydrogen-bond donors (Lipinski definition) is 1. The molecule has 0 aromatic heterocycles. The molecule has 0 radical (unpaired) electrons. The number of amides is 4. The van der Waals surface area contributed by atoms with Gasteiger partial charge in [-0.25, -0.2) is 9.69 Å². The Bertz CT molecular complexity index is 957. The van der Waals surface area contributed by atoms with E-state index in [1.165, 1.54) is 18.2 Å². The molecule has 0 saturated carbocycles.